The highest BCUT2D eigenvalue weighted by Gasteiger charge is 2.19. The summed E-state index contributed by atoms with van der Waals surface area (Å²) in [4.78, 5) is 13.9. The second-order valence-electron chi connectivity index (χ2n) is 5.26. The Morgan fingerprint density at radius 3 is 2.72 bits per heavy atom. The molecular formula is C15H22N2O. The fourth-order valence-corrected chi connectivity index (χ4v) is 2.65. The first-order valence-electron chi connectivity index (χ1n) is 6.79. The van der Waals surface area contributed by atoms with Gasteiger partial charge in [0, 0.05) is 24.8 Å². The van der Waals surface area contributed by atoms with Crippen LogP contribution in [0.2, 0.25) is 0 Å². The van der Waals surface area contributed by atoms with Gasteiger partial charge in [-0.3, -0.25) is 4.79 Å². The maximum absolute atomic E-state index is 12.2. The van der Waals surface area contributed by atoms with E-state index in [2.05, 4.69) is 0 Å². The van der Waals surface area contributed by atoms with Gasteiger partial charge in [-0.15, -0.1) is 0 Å². The van der Waals surface area contributed by atoms with Gasteiger partial charge in [0.25, 0.3) is 0 Å². The third-order valence-corrected chi connectivity index (χ3v) is 3.82. The number of nitrogens with two attached hydrogens (primary N) is 1. The summed E-state index contributed by atoms with van der Waals surface area (Å²) in [5.41, 5.74) is 7.33. The average Bonchev–Trinajstić information content (AvgIpc) is 2.39. The molecule has 2 rings (SSSR count). The van der Waals surface area contributed by atoms with E-state index in [9.17, 15) is 4.79 Å². The highest BCUT2D eigenvalue weighted by atomic mass is 16.2. The molecule has 98 valence electrons. The number of benzene rings is 1. The van der Waals surface area contributed by atoms with Crippen molar-refractivity contribution in [1.29, 1.82) is 0 Å². The van der Waals surface area contributed by atoms with Gasteiger partial charge in [-0.2, -0.15) is 0 Å². The Kier molecular flexibility index (Phi) is 4.24. The summed E-state index contributed by atoms with van der Waals surface area (Å²) in [5.74, 6) is 0.780. The zero-order valence-electron chi connectivity index (χ0n) is 11.1. The van der Waals surface area contributed by atoms with Crippen LogP contribution >= 0.6 is 0 Å². The summed E-state index contributed by atoms with van der Waals surface area (Å²) in [6.07, 6.45) is 6.97. The highest BCUT2D eigenvalue weighted by molar-refractivity contribution is 5.93. The van der Waals surface area contributed by atoms with Crippen LogP contribution in [0.4, 0.5) is 11.4 Å². The number of hydrogen-bond donors (Lipinski definition) is 1. The Labute approximate surface area is 109 Å². The van der Waals surface area contributed by atoms with E-state index in [4.69, 9.17) is 5.73 Å². The Morgan fingerprint density at radius 1 is 1.33 bits per heavy atom. The predicted molar refractivity (Wildman–Crippen MR) is 75.5 cm³/mol. The molecule has 1 saturated carbocycles. The molecule has 0 spiro atoms. The lowest BCUT2D eigenvalue weighted by Crippen LogP contribution is -2.28. The van der Waals surface area contributed by atoms with E-state index in [1.165, 1.54) is 32.1 Å². The van der Waals surface area contributed by atoms with Crippen molar-refractivity contribution < 1.29 is 4.79 Å². The minimum Gasteiger partial charge on any atom is -0.399 e. The third-order valence-electron chi connectivity index (χ3n) is 3.82. The van der Waals surface area contributed by atoms with Crippen molar-refractivity contribution in [3.8, 4) is 0 Å². The second kappa shape index (κ2) is 5.89. The number of amides is 1. The van der Waals surface area contributed by atoms with Gasteiger partial charge in [0.05, 0.1) is 0 Å². The van der Waals surface area contributed by atoms with Crippen molar-refractivity contribution >= 4 is 17.3 Å². The van der Waals surface area contributed by atoms with E-state index in [0.29, 0.717) is 18.0 Å². The molecule has 0 aliphatic heterocycles. The first-order chi connectivity index (χ1) is 8.66. The van der Waals surface area contributed by atoms with E-state index < -0.39 is 0 Å². The first kappa shape index (κ1) is 12.9. The largest absolute Gasteiger partial charge is 0.399 e. The minimum atomic E-state index is 0.201. The lowest BCUT2D eigenvalue weighted by Gasteiger charge is -2.24. The molecule has 2 N–H and O–H groups in total. The summed E-state index contributed by atoms with van der Waals surface area (Å²) in [5, 5.41) is 0. The Hall–Kier alpha value is -1.51. The molecule has 1 aromatic rings. The molecule has 3 nitrogen and oxygen atoms in total. The second-order valence-corrected chi connectivity index (χ2v) is 5.26. The normalized spacial score (nSPS) is 16.5. The van der Waals surface area contributed by atoms with E-state index in [1.54, 1.807) is 4.90 Å². The van der Waals surface area contributed by atoms with E-state index in [-0.39, 0.29) is 5.91 Å². The van der Waals surface area contributed by atoms with Gasteiger partial charge in [0.15, 0.2) is 0 Å². The van der Waals surface area contributed by atoms with Gasteiger partial charge >= 0.3 is 0 Å². The van der Waals surface area contributed by atoms with Gasteiger partial charge in [0.1, 0.15) is 0 Å². The van der Waals surface area contributed by atoms with Crippen LogP contribution in [0.15, 0.2) is 24.3 Å². The molecule has 1 amide bonds. The molecule has 1 aromatic carbocycles. The number of nitrogen functional groups attached to an aromatic ring is 1. The number of anilines is 2. The molecule has 0 aromatic heterocycles. The number of carbonyl (C=O) groups is 1. The Bertz CT molecular complexity index is 411. The van der Waals surface area contributed by atoms with Crippen LogP contribution in [0.25, 0.3) is 0 Å². The van der Waals surface area contributed by atoms with Crippen molar-refractivity contribution in [2.24, 2.45) is 5.92 Å². The molecule has 1 fully saturated rings. The quantitative estimate of drug-likeness (QED) is 0.832. The lowest BCUT2D eigenvalue weighted by atomic mass is 9.86. The van der Waals surface area contributed by atoms with Crippen molar-refractivity contribution in [2.75, 3.05) is 17.7 Å². The van der Waals surface area contributed by atoms with Crippen LogP contribution in [0, 0.1) is 5.92 Å². The number of nitrogens with zero attached hydrogens (tertiary/aromatic N) is 1. The Morgan fingerprint density at radius 2 is 2.06 bits per heavy atom. The molecule has 1 aliphatic rings. The van der Waals surface area contributed by atoms with Gasteiger partial charge in [0.2, 0.25) is 5.91 Å². The van der Waals surface area contributed by atoms with Gasteiger partial charge in [-0.1, -0.05) is 25.3 Å². The molecule has 0 bridgehead atoms. The molecule has 0 atom stereocenters. The van der Waals surface area contributed by atoms with Crippen LogP contribution in [-0.4, -0.2) is 13.0 Å². The van der Waals surface area contributed by atoms with E-state index in [0.717, 1.165) is 5.69 Å². The SMILES string of the molecule is CN(C(=O)CC1CCCCC1)c1cccc(N)c1. The maximum Gasteiger partial charge on any atom is 0.226 e. The highest BCUT2D eigenvalue weighted by Crippen LogP contribution is 2.27. The minimum absolute atomic E-state index is 0.201. The fourth-order valence-electron chi connectivity index (χ4n) is 2.65. The first-order valence-corrected chi connectivity index (χ1v) is 6.79. The van der Waals surface area contributed by atoms with Crippen molar-refractivity contribution in [1.82, 2.24) is 0 Å². The molecule has 0 heterocycles. The van der Waals surface area contributed by atoms with Crippen LogP contribution in [0.5, 0.6) is 0 Å². The predicted octanol–water partition coefficient (Wildman–Crippen LogP) is 3.20. The zero-order valence-corrected chi connectivity index (χ0v) is 11.1. The molecule has 0 saturated heterocycles. The summed E-state index contributed by atoms with van der Waals surface area (Å²) in [7, 11) is 1.83. The fraction of sp³-hybridized carbons (Fsp3) is 0.533. The smallest absolute Gasteiger partial charge is 0.226 e. The van der Waals surface area contributed by atoms with E-state index >= 15 is 0 Å². The summed E-state index contributed by atoms with van der Waals surface area (Å²) < 4.78 is 0. The van der Waals surface area contributed by atoms with Crippen LogP contribution in [0.3, 0.4) is 0 Å². The maximum atomic E-state index is 12.2. The van der Waals surface area contributed by atoms with Crippen molar-refractivity contribution in [3.63, 3.8) is 0 Å². The van der Waals surface area contributed by atoms with E-state index in [1.807, 2.05) is 31.3 Å². The van der Waals surface area contributed by atoms with Gasteiger partial charge in [-0.25, -0.2) is 0 Å². The molecule has 1 aliphatic carbocycles. The molecule has 0 unspecified atom stereocenters. The van der Waals surface area contributed by atoms with Gasteiger partial charge < -0.3 is 10.6 Å². The molecule has 0 radical (unpaired) electrons. The molecule has 18 heavy (non-hydrogen) atoms. The topological polar surface area (TPSA) is 46.3 Å². The molecular weight excluding hydrogens is 224 g/mol. The average molecular weight is 246 g/mol. The van der Waals surface area contributed by atoms with Crippen molar-refractivity contribution in [3.05, 3.63) is 24.3 Å². The molecule has 3 heteroatoms. The zero-order chi connectivity index (χ0) is 13.0. The lowest BCUT2D eigenvalue weighted by molar-refractivity contribution is -0.119. The monoisotopic (exact) mass is 246 g/mol. The standard InChI is InChI=1S/C15H22N2O/c1-17(14-9-5-8-13(16)11-14)15(18)10-12-6-3-2-4-7-12/h5,8-9,11-12H,2-4,6-7,10,16H2,1H3. The van der Waals surface area contributed by atoms with Crippen LogP contribution in [-0.2, 0) is 4.79 Å². The third kappa shape index (κ3) is 3.25. The van der Waals surface area contributed by atoms with Crippen LogP contribution in [0.1, 0.15) is 38.5 Å². The van der Waals surface area contributed by atoms with Crippen LogP contribution < -0.4 is 10.6 Å². The van der Waals surface area contributed by atoms with Gasteiger partial charge in [-0.05, 0) is 37.0 Å². The number of rotatable bonds is 3. The van der Waals surface area contributed by atoms with Crippen molar-refractivity contribution in [2.45, 2.75) is 38.5 Å². The summed E-state index contributed by atoms with van der Waals surface area (Å²) in [6.45, 7) is 0. The number of carbonyl (C=O) groups excluding carboxylic acids is 1. The summed E-state index contributed by atoms with van der Waals surface area (Å²) in [6, 6.07) is 7.49. The number of hydrogen-bond acceptors (Lipinski definition) is 2. The summed E-state index contributed by atoms with van der Waals surface area (Å²) >= 11 is 0. The Balaban J connectivity index is 1.95.